The van der Waals surface area contributed by atoms with Crippen molar-refractivity contribution in [2.24, 2.45) is 0 Å². The molecule has 27 heavy (non-hydrogen) atoms. The molecule has 3 rings (SSSR count). The fourth-order valence-corrected chi connectivity index (χ4v) is 4.09. The summed E-state index contributed by atoms with van der Waals surface area (Å²) >= 11 is 0. The second-order valence-corrected chi connectivity index (χ2v) is 7.26. The Bertz CT molecular complexity index is 745. The second-order valence-electron chi connectivity index (χ2n) is 7.26. The zero-order chi connectivity index (χ0) is 19.7. The summed E-state index contributed by atoms with van der Waals surface area (Å²) in [6.07, 6.45) is -0.135. The SMILES string of the molecule is CCOC(=O)N1CCN(C2CC(=O)N(c3c(C)cc(C)cc3C)C2=O)CC1. The van der Waals surface area contributed by atoms with Crippen LogP contribution in [-0.2, 0) is 14.3 Å². The minimum absolute atomic E-state index is 0.159. The average Bonchev–Trinajstić information content (AvgIpc) is 2.90. The first-order valence-electron chi connectivity index (χ1n) is 9.43. The molecular weight excluding hydrogens is 346 g/mol. The van der Waals surface area contributed by atoms with Crippen LogP contribution in [0.25, 0.3) is 0 Å². The van der Waals surface area contributed by atoms with Gasteiger partial charge in [0.15, 0.2) is 0 Å². The first-order valence-corrected chi connectivity index (χ1v) is 9.43. The summed E-state index contributed by atoms with van der Waals surface area (Å²) in [5.74, 6) is -0.326. The van der Waals surface area contributed by atoms with Crippen LogP contribution in [0.4, 0.5) is 10.5 Å². The molecule has 0 saturated carbocycles. The maximum Gasteiger partial charge on any atom is 0.409 e. The van der Waals surface area contributed by atoms with Crippen LogP contribution < -0.4 is 4.90 Å². The molecule has 3 amide bonds. The predicted octanol–water partition coefficient (Wildman–Crippen LogP) is 2.02. The summed E-state index contributed by atoms with van der Waals surface area (Å²) in [6, 6.07) is 3.53. The topological polar surface area (TPSA) is 70.2 Å². The molecular formula is C20H27N3O4. The van der Waals surface area contributed by atoms with E-state index in [0.717, 1.165) is 16.7 Å². The Kier molecular flexibility index (Phi) is 5.51. The van der Waals surface area contributed by atoms with Crippen LogP contribution in [0.15, 0.2) is 12.1 Å². The zero-order valence-electron chi connectivity index (χ0n) is 16.4. The Morgan fingerprint density at radius 3 is 2.22 bits per heavy atom. The van der Waals surface area contributed by atoms with Crippen molar-refractivity contribution in [3.05, 3.63) is 28.8 Å². The van der Waals surface area contributed by atoms with E-state index in [-0.39, 0.29) is 24.3 Å². The van der Waals surface area contributed by atoms with E-state index in [9.17, 15) is 14.4 Å². The Balaban J connectivity index is 1.73. The summed E-state index contributed by atoms with van der Waals surface area (Å²) in [4.78, 5) is 42.6. The van der Waals surface area contributed by atoms with Gasteiger partial charge in [-0.25, -0.2) is 9.69 Å². The summed E-state index contributed by atoms with van der Waals surface area (Å²) in [5.41, 5.74) is 3.69. The molecule has 2 fully saturated rings. The van der Waals surface area contributed by atoms with Crippen LogP contribution in [0.1, 0.15) is 30.0 Å². The van der Waals surface area contributed by atoms with Gasteiger partial charge in [0, 0.05) is 26.2 Å². The van der Waals surface area contributed by atoms with Gasteiger partial charge in [0.2, 0.25) is 5.91 Å². The number of hydrogen-bond acceptors (Lipinski definition) is 5. The number of benzene rings is 1. The van der Waals surface area contributed by atoms with Gasteiger partial charge in [-0.05, 0) is 38.8 Å². The third-order valence-electron chi connectivity index (χ3n) is 5.26. The molecule has 146 valence electrons. The van der Waals surface area contributed by atoms with Crippen LogP contribution in [-0.4, -0.2) is 66.5 Å². The van der Waals surface area contributed by atoms with Gasteiger partial charge in [-0.15, -0.1) is 0 Å². The number of piperazine rings is 1. The van der Waals surface area contributed by atoms with Crippen molar-refractivity contribution in [2.75, 3.05) is 37.7 Å². The number of imide groups is 1. The molecule has 7 heteroatoms. The number of carbonyl (C=O) groups is 3. The van der Waals surface area contributed by atoms with E-state index >= 15 is 0 Å². The third-order valence-corrected chi connectivity index (χ3v) is 5.26. The molecule has 0 radical (unpaired) electrons. The van der Waals surface area contributed by atoms with Crippen molar-refractivity contribution in [3.8, 4) is 0 Å². The summed E-state index contributed by atoms with van der Waals surface area (Å²) in [7, 11) is 0. The summed E-state index contributed by atoms with van der Waals surface area (Å²) < 4.78 is 5.03. The zero-order valence-corrected chi connectivity index (χ0v) is 16.4. The van der Waals surface area contributed by atoms with Crippen molar-refractivity contribution in [2.45, 2.75) is 40.2 Å². The maximum atomic E-state index is 13.1. The van der Waals surface area contributed by atoms with E-state index in [1.165, 1.54) is 4.90 Å². The lowest BCUT2D eigenvalue weighted by atomic mass is 10.0. The fraction of sp³-hybridized carbons (Fsp3) is 0.550. The molecule has 1 atom stereocenters. The monoisotopic (exact) mass is 373 g/mol. The van der Waals surface area contributed by atoms with Gasteiger partial charge in [-0.2, -0.15) is 0 Å². The Hall–Kier alpha value is -2.41. The standard InChI is InChI=1S/C20H27N3O4/c1-5-27-20(26)22-8-6-21(7-9-22)16-12-17(24)23(19(16)25)18-14(3)10-13(2)11-15(18)4/h10-11,16H,5-9,12H2,1-4H3. The van der Waals surface area contributed by atoms with Crippen molar-refractivity contribution in [1.29, 1.82) is 0 Å². The highest BCUT2D eigenvalue weighted by Crippen LogP contribution is 2.32. The van der Waals surface area contributed by atoms with Gasteiger partial charge in [0.1, 0.15) is 0 Å². The second kappa shape index (κ2) is 7.68. The molecule has 2 saturated heterocycles. The van der Waals surface area contributed by atoms with Gasteiger partial charge in [0.25, 0.3) is 5.91 Å². The van der Waals surface area contributed by atoms with Crippen LogP contribution >= 0.6 is 0 Å². The molecule has 0 aliphatic carbocycles. The first kappa shape index (κ1) is 19.4. The number of rotatable bonds is 3. The molecule has 0 bridgehead atoms. The van der Waals surface area contributed by atoms with Gasteiger partial charge in [-0.3, -0.25) is 14.5 Å². The molecule has 2 aliphatic heterocycles. The molecule has 2 aliphatic rings. The fourth-order valence-electron chi connectivity index (χ4n) is 4.09. The van der Waals surface area contributed by atoms with Gasteiger partial charge >= 0.3 is 6.09 Å². The molecule has 0 spiro atoms. The predicted molar refractivity (Wildman–Crippen MR) is 102 cm³/mol. The maximum absolute atomic E-state index is 13.1. The molecule has 7 nitrogen and oxygen atoms in total. The Morgan fingerprint density at radius 1 is 1.07 bits per heavy atom. The smallest absolute Gasteiger partial charge is 0.409 e. The van der Waals surface area contributed by atoms with Gasteiger partial charge in [0.05, 0.1) is 24.8 Å². The quantitative estimate of drug-likeness (QED) is 0.758. The van der Waals surface area contributed by atoms with Crippen molar-refractivity contribution in [1.82, 2.24) is 9.80 Å². The number of carbonyl (C=O) groups excluding carboxylic acids is 3. The number of aryl methyl sites for hydroxylation is 3. The lowest BCUT2D eigenvalue weighted by Gasteiger charge is -2.36. The average molecular weight is 373 g/mol. The Morgan fingerprint density at radius 2 is 1.67 bits per heavy atom. The van der Waals surface area contributed by atoms with E-state index in [1.54, 1.807) is 11.8 Å². The number of hydrogen-bond donors (Lipinski definition) is 0. The molecule has 1 aromatic rings. The van der Waals surface area contributed by atoms with Crippen molar-refractivity contribution in [3.63, 3.8) is 0 Å². The lowest BCUT2D eigenvalue weighted by Crippen LogP contribution is -2.54. The highest BCUT2D eigenvalue weighted by molar-refractivity contribution is 6.23. The highest BCUT2D eigenvalue weighted by atomic mass is 16.6. The minimum atomic E-state index is -0.457. The number of nitrogens with zero attached hydrogens (tertiary/aromatic N) is 3. The molecule has 1 aromatic carbocycles. The van der Waals surface area contributed by atoms with Crippen LogP contribution in [0.3, 0.4) is 0 Å². The van der Waals surface area contributed by atoms with Crippen molar-refractivity contribution < 1.29 is 19.1 Å². The molecule has 1 unspecified atom stereocenters. The van der Waals surface area contributed by atoms with Crippen LogP contribution in [0.5, 0.6) is 0 Å². The number of ether oxygens (including phenoxy) is 1. The van der Waals surface area contributed by atoms with E-state index in [2.05, 4.69) is 0 Å². The van der Waals surface area contributed by atoms with Crippen LogP contribution in [0, 0.1) is 20.8 Å². The highest BCUT2D eigenvalue weighted by Gasteiger charge is 2.44. The molecule has 0 aromatic heterocycles. The largest absolute Gasteiger partial charge is 0.450 e. The van der Waals surface area contributed by atoms with E-state index in [0.29, 0.717) is 38.5 Å². The first-order chi connectivity index (χ1) is 12.8. The Labute approximate surface area is 159 Å². The van der Waals surface area contributed by atoms with Gasteiger partial charge in [-0.1, -0.05) is 17.7 Å². The number of anilines is 1. The normalized spacial score (nSPS) is 21.1. The number of amides is 3. The van der Waals surface area contributed by atoms with E-state index < -0.39 is 6.04 Å². The summed E-state index contributed by atoms with van der Waals surface area (Å²) in [6.45, 7) is 10.1. The van der Waals surface area contributed by atoms with E-state index in [4.69, 9.17) is 4.74 Å². The van der Waals surface area contributed by atoms with Crippen molar-refractivity contribution >= 4 is 23.6 Å². The van der Waals surface area contributed by atoms with Gasteiger partial charge < -0.3 is 9.64 Å². The molecule has 0 N–H and O–H groups in total. The third kappa shape index (κ3) is 3.69. The van der Waals surface area contributed by atoms with Crippen LogP contribution in [0.2, 0.25) is 0 Å². The lowest BCUT2D eigenvalue weighted by molar-refractivity contribution is -0.123. The minimum Gasteiger partial charge on any atom is -0.450 e. The summed E-state index contributed by atoms with van der Waals surface area (Å²) in [5, 5.41) is 0. The molecule has 2 heterocycles. The van der Waals surface area contributed by atoms with E-state index in [1.807, 2.05) is 37.8 Å².